The largest absolute Gasteiger partial charge is 0.495 e. The molecule has 1 unspecified atom stereocenters. The van der Waals surface area contributed by atoms with E-state index in [9.17, 15) is 4.79 Å². The quantitative estimate of drug-likeness (QED) is 0.862. The number of nitrogens with zero attached hydrogens (tertiary/aromatic N) is 1. The predicted octanol–water partition coefficient (Wildman–Crippen LogP) is 3.82. The summed E-state index contributed by atoms with van der Waals surface area (Å²) in [5.41, 5.74) is 1.46. The van der Waals surface area contributed by atoms with Crippen LogP contribution >= 0.6 is 11.6 Å². The van der Waals surface area contributed by atoms with Crippen molar-refractivity contribution in [2.24, 2.45) is 0 Å². The maximum Gasteiger partial charge on any atom is 0.248 e. The number of para-hydroxylation sites is 1. The van der Waals surface area contributed by atoms with Crippen molar-refractivity contribution in [1.82, 2.24) is 0 Å². The lowest BCUT2D eigenvalue weighted by Gasteiger charge is -2.24. The second-order valence-corrected chi connectivity index (χ2v) is 5.69. The van der Waals surface area contributed by atoms with Crippen molar-refractivity contribution in [1.29, 1.82) is 0 Å². The number of carbonyl (C=O) groups excluding carboxylic acids is 1. The lowest BCUT2D eigenvalue weighted by atomic mass is 10.2. The van der Waals surface area contributed by atoms with E-state index >= 15 is 0 Å². The van der Waals surface area contributed by atoms with Gasteiger partial charge in [-0.2, -0.15) is 0 Å². The minimum Gasteiger partial charge on any atom is -0.495 e. The number of halogens is 1. The zero-order valence-electron chi connectivity index (χ0n) is 14.2. The van der Waals surface area contributed by atoms with E-state index in [1.807, 2.05) is 30.3 Å². The maximum atomic E-state index is 12.6. The molecule has 0 aromatic heterocycles. The van der Waals surface area contributed by atoms with Gasteiger partial charge in [-0.05, 0) is 25.1 Å². The van der Waals surface area contributed by atoms with Crippen LogP contribution in [0.1, 0.15) is 6.92 Å². The maximum absolute atomic E-state index is 12.6. The molecule has 6 heteroatoms. The first-order valence-electron chi connectivity index (χ1n) is 7.48. The fourth-order valence-electron chi connectivity index (χ4n) is 2.34. The van der Waals surface area contributed by atoms with Crippen molar-refractivity contribution in [2.45, 2.75) is 13.0 Å². The van der Waals surface area contributed by atoms with E-state index in [0.717, 1.165) is 5.69 Å². The molecule has 0 radical (unpaired) electrons. The first-order chi connectivity index (χ1) is 11.5. The van der Waals surface area contributed by atoms with Crippen LogP contribution in [-0.2, 0) is 4.79 Å². The van der Waals surface area contributed by atoms with Crippen LogP contribution in [0.5, 0.6) is 11.5 Å². The predicted molar refractivity (Wildman–Crippen MR) is 97.5 cm³/mol. The molecule has 1 atom stereocenters. The number of benzene rings is 2. The van der Waals surface area contributed by atoms with Gasteiger partial charge in [-0.15, -0.1) is 0 Å². The fourth-order valence-corrected chi connectivity index (χ4v) is 2.58. The minimum atomic E-state index is -0.464. The average molecular weight is 349 g/mol. The number of anilines is 2. The topological polar surface area (TPSA) is 50.8 Å². The van der Waals surface area contributed by atoms with Gasteiger partial charge >= 0.3 is 0 Å². The van der Waals surface area contributed by atoms with Gasteiger partial charge in [0.25, 0.3) is 0 Å². The van der Waals surface area contributed by atoms with Crippen molar-refractivity contribution in [2.75, 3.05) is 31.5 Å². The van der Waals surface area contributed by atoms with E-state index in [1.165, 1.54) is 7.11 Å². The van der Waals surface area contributed by atoms with Crippen LogP contribution in [0, 0.1) is 0 Å². The molecule has 0 saturated heterocycles. The normalized spacial score (nSPS) is 11.5. The van der Waals surface area contributed by atoms with E-state index in [-0.39, 0.29) is 5.91 Å². The molecule has 0 spiro atoms. The van der Waals surface area contributed by atoms with Gasteiger partial charge in [-0.3, -0.25) is 4.79 Å². The Bertz CT molecular complexity index is 707. The fraction of sp³-hybridized carbons (Fsp3) is 0.278. The van der Waals surface area contributed by atoms with Gasteiger partial charge in [0.2, 0.25) is 5.91 Å². The first kappa shape index (κ1) is 17.9. The Morgan fingerprint density at radius 1 is 1.12 bits per heavy atom. The second kappa shape index (κ2) is 7.93. The molecule has 24 heavy (non-hydrogen) atoms. The summed E-state index contributed by atoms with van der Waals surface area (Å²) in [7, 11) is 4.83. The minimum absolute atomic E-state index is 0.0739. The van der Waals surface area contributed by atoms with E-state index in [4.69, 9.17) is 21.1 Å². The van der Waals surface area contributed by atoms with Crippen molar-refractivity contribution < 1.29 is 14.3 Å². The Labute approximate surface area is 147 Å². The number of methoxy groups -OCH3 is 2. The summed E-state index contributed by atoms with van der Waals surface area (Å²) in [6.07, 6.45) is 0. The standard InChI is InChI=1S/C18H21ClN2O3/c1-12(18(22)21(2)13-8-6-5-7-9-13)20-15-10-14(19)16(23-3)11-17(15)24-4/h5-12,20H,1-4H3. The van der Waals surface area contributed by atoms with Crippen molar-refractivity contribution in [3.05, 3.63) is 47.5 Å². The lowest BCUT2D eigenvalue weighted by Crippen LogP contribution is -2.39. The summed E-state index contributed by atoms with van der Waals surface area (Å²) in [6.45, 7) is 1.79. The molecule has 0 saturated carbocycles. The number of amides is 1. The monoisotopic (exact) mass is 348 g/mol. The van der Waals surface area contributed by atoms with E-state index in [2.05, 4.69) is 5.32 Å². The SMILES string of the molecule is COc1cc(OC)c(NC(C)C(=O)N(C)c2ccccc2)cc1Cl. The van der Waals surface area contributed by atoms with Crippen LogP contribution < -0.4 is 19.7 Å². The molecule has 0 bridgehead atoms. The number of hydrogen-bond acceptors (Lipinski definition) is 4. The molecule has 0 aliphatic rings. The van der Waals surface area contributed by atoms with Crippen LogP contribution in [0.25, 0.3) is 0 Å². The Morgan fingerprint density at radius 3 is 2.33 bits per heavy atom. The number of hydrogen-bond donors (Lipinski definition) is 1. The molecular formula is C18H21ClN2O3. The molecule has 0 aliphatic carbocycles. The number of ether oxygens (including phenoxy) is 2. The number of nitrogens with one attached hydrogen (secondary N) is 1. The summed E-state index contributed by atoms with van der Waals surface area (Å²) in [4.78, 5) is 14.2. The molecule has 2 aromatic carbocycles. The molecule has 1 amide bonds. The Morgan fingerprint density at radius 2 is 1.75 bits per heavy atom. The number of rotatable bonds is 6. The van der Waals surface area contributed by atoms with Crippen LogP contribution in [0.3, 0.4) is 0 Å². The highest BCUT2D eigenvalue weighted by molar-refractivity contribution is 6.32. The zero-order chi connectivity index (χ0) is 17.7. The summed E-state index contributed by atoms with van der Waals surface area (Å²) in [6, 6.07) is 12.4. The van der Waals surface area contributed by atoms with E-state index < -0.39 is 6.04 Å². The summed E-state index contributed by atoms with van der Waals surface area (Å²) in [5.74, 6) is 0.993. The summed E-state index contributed by atoms with van der Waals surface area (Å²) >= 11 is 6.16. The van der Waals surface area contributed by atoms with Gasteiger partial charge < -0.3 is 19.7 Å². The molecule has 0 aliphatic heterocycles. The third-order valence-corrected chi connectivity index (χ3v) is 3.99. The van der Waals surface area contributed by atoms with Crippen LogP contribution in [0.4, 0.5) is 11.4 Å². The van der Waals surface area contributed by atoms with Gasteiger partial charge in [-0.25, -0.2) is 0 Å². The van der Waals surface area contributed by atoms with Gasteiger partial charge in [0.1, 0.15) is 17.5 Å². The van der Waals surface area contributed by atoms with Crippen LogP contribution in [-0.4, -0.2) is 33.2 Å². The zero-order valence-corrected chi connectivity index (χ0v) is 14.9. The van der Waals surface area contributed by atoms with Crippen molar-refractivity contribution in [3.63, 3.8) is 0 Å². The molecule has 128 valence electrons. The molecule has 2 aromatic rings. The Balaban J connectivity index is 2.18. The van der Waals surface area contributed by atoms with Gasteiger partial charge in [0.05, 0.1) is 24.9 Å². The molecule has 0 heterocycles. The highest BCUT2D eigenvalue weighted by Gasteiger charge is 2.20. The highest BCUT2D eigenvalue weighted by atomic mass is 35.5. The van der Waals surface area contributed by atoms with E-state index in [0.29, 0.717) is 22.2 Å². The smallest absolute Gasteiger partial charge is 0.248 e. The second-order valence-electron chi connectivity index (χ2n) is 5.29. The molecular weight excluding hydrogens is 328 g/mol. The molecule has 2 rings (SSSR count). The number of likely N-dealkylation sites (N-methyl/N-ethyl adjacent to an activating group) is 1. The summed E-state index contributed by atoms with van der Waals surface area (Å²) < 4.78 is 10.5. The first-order valence-corrected chi connectivity index (χ1v) is 7.86. The molecule has 5 nitrogen and oxygen atoms in total. The third-order valence-electron chi connectivity index (χ3n) is 3.69. The van der Waals surface area contributed by atoms with E-state index in [1.54, 1.807) is 38.1 Å². The number of carbonyl (C=O) groups is 1. The van der Waals surface area contributed by atoms with Crippen LogP contribution in [0.2, 0.25) is 5.02 Å². The highest BCUT2D eigenvalue weighted by Crippen LogP contribution is 2.36. The summed E-state index contributed by atoms with van der Waals surface area (Å²) in [5, 5.41) is 3.59. The average Bonchev–Trinajstić information content (AvgIpc) is 2.61. The van der Waals surface area contributed by atoms with Crippen molar-refractivity contribution in [3.8, 4) is 11.5 Å². The van der Waals surface area contributed by atoms with Gasteiger partial charge in [0, 0.05) is 18.8 Å². The third kappa shape index (κ3) is 3.92. The van der Waals surface area contributed by atoms with Gasteiger partial charge in [0.15, 0.2) is 0 Å². The Kier molecular flexibility index (Phi) is 5.93. The molecule has 1 N–H and O–H groups in total. The lowest BCUT2D eigenvalue weighted by molar-refractivity contribution is -0.118. The Hall–Kier alpha value is -2.40. The van der Waals surface area contributed by atoms with Crippen LogP contribution in [0.15, 0.2) is 42.5 Å². The van der Waals surface area contributed by atoms with Crippen molar-refractivity contribution >= 4 is 28.9 Å². The molecule has 0 fully saturated rings. The van der Waals surface area contributed by atoms with Gasteiger partial charge in [-0.1, -0.05) is 29.8 Å².